The zero-order chi connectivity index (χ0) is 23.1. The molecule has 3 aromatic carbocycles. The van der Waals surface area contributed by atoms with Gasteiger partial charge in [-0.05, 0) is 55.5 Å². The number of hydrazone groups is 1. The monoisotopic (exact) mass is 515 g/mol. The van der Waals surface area contributed by atoms with Crippen molar-refractivity contribution in [2.45, 2.75) is 11.8 Å². The number of rotatable bonds is 8. The second kappa shape index (κ2) is 10.4. The van der Waals surface area contributed by atoms with Crippen molar-refractivity contribution in [2.24, 2.45) is 5.10 Å². The van der Waals surface area contributed by atoms with Crippen molar-refractivity contribution in [1.82, 2.24) is 5.43 Å². The molecule has 0 saturated carbocycles. The molecule has 0 spiro atoms. The smallest absolute Gasteiger partial charge is 0.264 e. The van der Waals surface area contributed by atoms with E-state index in [1.54, 1.807) is 48.5 Å². The molecule has 0 saturated heterocycles. The van der Waals surface area contributed by atoms with Crippen molar-refractivity contribution >= 4 is 43.8 Å². The van der Waals surface area contributed by atoms with Gasteiger partial charge in [0, 0.05) is 10.0 Å². The van der Waals surface area contributed by atoms with Gasteiger partial charge in [-0.2, -0.15) is 5.10 Å². The van der Waals surface area contributed by atoms with Crippen molar-refractivity contribution in [3.8, 4) is 5.75 Å². The van der Waals surface area contributed by atoms with Crippen LogP contribution in [0.2, 0.25) is 0 Å². The zero-order valence-electron chi connectivity index (χ0n) is 17.5. The minimum absolute atomic E-state index is 0.0938. The van der Waals surface area contributed by atoms with Gasteiger partial charge in [0.2, 0.25) is 0 Å². The number of halogens is 1. The molecule has 0 radical (unpaired) electrons. The van der Waals surface area contributed by atoms with Crippen LogP contribution in [0, 0.1) is 6.92 Å². The molecule has 0 unspecified atom stereocenters. The average Bonchev–Trinajstić information content (AvgIpc) is 2.79. The van der Waals surface area contributed by atoms with Gasteiger partial charge in [0.1, 0.15) is 12.3 Å². The predicted molar refractivity (Wildman–Crippen MR) is 129 cm³/mol. The topological polar surface area (TPSA) is 88.1 Å². The van der Waals surface area contributed by atoms with Crippen LogP contribution in [0.3, 0.4) is 0 Å². The molecule has 9 heteroatoms. The summed E-state index contributed by atoms with van der Waals surface area (Å²) in [5.41, 5.74) is 4.35. The fourth-order valence-electron chi connectivity index (χ4n) is 2.87. The van der Waals surface area contributed by atoms with Gasteiger partial charge < -0.3 is 4.74 Å². The van der Waals surface area contributed by atoms with Crippen LogP contribution < -0.4 is 14.5 Å². The molecule has 0 aliphatic heterocycles. The van der Waals surface area contributed by atoms with Crippen LogP contribution in [-0.4, -0.2) is 34.2 Å². The predicted octanol–water partition coefficient (Wildman–Crippen LogP) is 4.11. The van der Waals surface area contributed by atoms with Crippen LogP contribution in [-0.2, 0) is 14.8 Å². The molecule has 0 aliphatic carbocycles. The Morgan fingerprint density at radius 2 is 1.72 bits per heavy atom. The quantitative estimate of drug-likeness (QED) is 0.361. The number of para-hydroxylation sites is 1. The van der Waals surface area contributed by atoms with Crippen LogP contribution in [0.1, 0.15) is 11.1 Å². The third kappa shape index (κ3) is 5.74. The lowest BCUT2D eigenvalue weighted by Gasteiger charge is -2.23. The number of hydrogen-bond acceptors (Lipinski definition) is 5. The first-order valence-corrected chi connectivity index (χ1v) is 11.8. The first-order chi connectivity index (χ1) is 15.3. The van der Waals surface area contributed by atoms with Gasteiger partial charge in [-0.25, -0.2) is 13.8 Å². The molecule has 166 valence electrons. The van der Waals surface area contributed by atoms with Crippen molar-refractivity contribution in [1.29, 1.82) is 0 Å². The fraction of sp³-hybridized carbons (Fsp3) is 0.130. The molecule has 0 heterocycles. The molecule has 3 rings (SSSR count). The van der Waals surface area contributed by atoms with Gasteiger partial charge in [-0.3, -0.25) is 9.10 Å². The normalized spacial score (nSPS) is 11.3. The molecule has 3 aromatic rings. The summed E-state index contributed by atoms with van der Waals surface area (Å²) in [4.78, 5) is 12.7. The van der Waals surface area contributed by atoms with Crippen molar-refractivity contribution in [3.05, 3.63) is 88.4 Å². The van der Waals surface area contributed by atoms with E-state index in [-0.39, 0.29) is 4.90 Å². The van der Waals surface area contributed by atoms with Crippen LogP contribution in [0.25, 0.3) is 0 Å². The molecule has 0 bridgehead atoms. The fourth-order valence-corrected chi connectivity index (χ4v) is 4.56. The van der Waals surface area contributed by atoms with E-state index >= 15 is 0 Å². The molecule has 0 aromatic heterocycles. The second-order valence-electron chi connectivity index (χ2n) is 6.84. The van der Waals surface area contributed by atoms with E-state index in [0.717, 1.165) is 14.3 Å². The summed E-state index contributed by atoms with van der Waals surface area (Å²) < 4.78 is 33.7. The highest BCUT2D eigenvalue weighted by Crippen LogP contribution is 2.25. The summed E-state index contributed by atoms with van der Waals surface area (Å²) in [5.74, 6) is 0.0127. The van der Waals surface area contributed by atoms with Gasteiger partial charge in [0.15, 0.2) is 0 Å². The number of aryl methyl sites for hydroxylation is 1. The number of carbonyl (C=O) groups is 1. The third-order valence-corrected chi connectivity index (χ3v) is 6.86. The summed E-state index contributed by atoms with van der Waals surface area (Å²) in [5, 5.41) is 3.94. The standard InChI is InChI=1S/C23H22BrN3O4S/c1-17-7-13-21(14-8-17)32(29,30)27(20-11-9-19(24)10-12-20)16-23(28)26-25-15-18-5-3-4-6-22(18)31-2/h3-15H,16H2,1-2H3,(H,26,28)/b25-15-. The minimum atomic E-state index is -3.98. The van der Waals surface area contributed by atoms with E-state index < -0.39 is 22.5 Å². The molecule has 32 heavy (non-hydrogen) atoms. The van der Waals surface area contributed by atoms with Gasteiger partial charge >= 0.3 is 0 Å². The van der Waals surface area contributed by atoms with E-state index in [1.165, 1.54) is 25.5 Å². The Hall–Kier alpha value is -3.17. The highest BCUT2D eigenvalue weighted by Gasteiger charge is 2.27. The van der Waals surface area contributed by atoms with E-state index in [0.29, 0.717) is 17.0 Å². The highest BCUT2D eigenvalue weighted by atomic mass is 79.9. The number of sulfonamides is 1. The van der Waals surface area contributed by atoms with E-state index in [4.69, 9.17) is 4.74 Å². The minimum Gasteiger partial charge on any atom is -0.496 e. The molecular formula is C23H22BrN3O4S. The number of benzene rings is 3. The molecule has 0 atom stereocenters. The Kier molecular flexibility index (Phi) is 7.66. The molecule has 0 fully saturated rings. The van der Waals surface area contributed by atoms with Gasteiger partial charge in [0.05, 0.1) is 23.9 Å². The summed E-state index contributed by atoms with van der Waals surface area (Å²) in [6.07, 6.45) is 1.44. The first kappa shape index (κ1) is 23.5. The van der Waals surface area contributed by atoms with Crippen molar-refractivity contribution < 1.29 is 17.9 Å². The van der Waals surface area contributed by atoms with Crippen molar-refractivity contribution in [3.63, 3.8) is 0 Å². The maximum Gasteiger partial charge on any atom is 0.264 e. The maximum atomic E-state index is 13.3. The summed E-state index contributed by atoms with van der Waals surface area (Å²) in [7, 11) is -2.44. The van der Waals surface area contributed by atoms with Crippen molar-refractivity contribution in [2.75, 3.05) is 18.0 Å². The Bertz CT molecular complexity index is 1210. The molecule has 1 amide bonds. The largest absolute Gasteiger partial charge is 0.496 e. The highest BCUT2D eigenvalue weighted by molar-refractivity contribution is 9.10. The van der Waals surface area contributed by atoms with Crippen LogP contribution in [0.5, 0.6) is 5.75 Å². The van der Waals surface area contributed by atoms with E-state index in [1.807, 2.05) is 19.1 Å². The van der Waals surface area contributed by atoms with Crippen LogP contribution in [0.4, 0.5) is 5.69 Å². The number of amides is 1. The number of carbonyl (C=O) groups excluding carboxylic acids is 1. The lowest BCUT2D eigenvalue weighted by molar-refractivity contribution is -0.119. The SMILES string of the molecule is COc1ccccc1/C=N\NC(=O)CN(c1ccc(Br)cc1)S(=O)(=O)c1ccc(C)cc1. The Labute approximate surface area is 195 Å². The van der Waals surface area contributed by atoms with Crippen LogP contribution >= 0.6 is 15.9 Å². The number of anilines is 1. The zero-order valence-corrected chi connectivity index (χ0v) is 19.9. The summed E-state index contributed by atoms with van der Waals surface area (Å²) in [6, 6.07) is 20.3. The first-order valence-electron chi connectivity index (χ1n) is 9.61. The van der Waals surface area contributed by atoms with Gasteiger partial charge in [-0.1, -0.05) is 45.8 Å². The Morgan fingerprint density at radius 1 is 1.06 bits per heavy atom. The van der Waals surface area contributed by atoms with Gasteiger partial charge in [-0.15, -0.1) is 0 Å². The Balaban J connectivity index is 1.84. The molecule has 7 nitrogen and oxygen atoms in total. The van der Waals surface area contributed by atoms with Crippen LogP contribution in [0.15, 0.2) is 87.3 Å². The second-order valence-corrected chi connectivity index (χ2v) is 9.61. The number of ether oxygens (including phenoxy) is 1. The maximum absolute atomic E-state index is 13.3. The lowest BCUT2D eigenvalue weighted by Crippen LogP contribution is -2.39. The molecule has 1 N–H and O–H groups in total. The van der Waals surface area contributed by atoms with E-state index in [2.05, 4.69) is 26.5 Å². The number of nitrogens with one attached hydrogen (secondary N) is 1. The number of nitrogens with zero attached hydrogens (tertiary/aromatic N) is 2. The Morgan fingerprint density at radius 3 is 2.38 bits per heavy atom. The lowest BCUT2D eigenvalue weighted by atomic mass is 10.2. The average molecular weight is 516 g/mol. The van der Waals surface area contributed by atoms with Gasteiger partial charge in [0.25, 0.3) is 15.9 Å². The summed E-state index contributed by atoms with van der Waals surface area (Å²) >= 11 is 3.34. The molecule has 0 aliphatic rings. The molecular weight excluding hydrogens is 494 g/mol. The number of methoxy groups -OCH3 is 1. The summed E-state index contributed by atoms with van der Waals surface area (Å²) in [6.45, 7) is 1.43. The van der Waals surface area contributed by atoms with E-state index in [9.17, 15) is 13.2 Å². The number of hydrogen-bond donors (Lipinski definition) is 1. The third-order valence-electron chi connectivity index (χ3n) is 4.54.